The average Bonchev–Trinajstić information content (AvgIpc) is 3.06. The maximum atomic E-state index is 13.2. The molecule has 0 saturated carbocycles. The summed E-state index contributed by atoms with van der Waals surface area (Å²) in [6, 6.07) is 13.0. The van der Waals surface area contributed by atoms with Crippen LogP contribution in [0.3, 0.4) is 0 Å². The van der Waals surface area contributed by atoms with Crippen molar-refractivity contribution in [3.8, 4) is 11.4 Å². The number of amides is 1. The summed E-state index contributed by atoms with van der Waals surface area (Å²) in [7, 11) is 0. The second-order valence-electron chi connectivity index (χ2n) is 6.78. The molecule has 0 radical (unpaired) electrons. The maximum absolute atomic E-state index is 13.2. The van der Waals surface area contributed by atoms with Gasteiger partial charge in [0.15, 0.2) is 13.2 Å². The first-order valence-electron chi connectivity index (χ1n) is 9.30. The Kier molecular flexibility index (Phi) is 6.46. The first-order valence-corrected chi connectivity index (χ1v) is 9.30. The summed E-state index contributed by atoms with van der Waals surface area (Å²) in [6.45, 7) is 4.76. The summed E-state index contributed by atoms with van der Waals surface area (Å²) in [5.74, 6) is -0.553. The zero-order valence-corrected chi connectivity index (χ0v) is 16.9. The number of ether oxygens (including phenoxy) is 2. The number of aryl methyl sites for hydroxylation is 3. The summed E-state index contributed by atoms with van der Waals surface area (Å²) in [5, 5.41) is 6.93. The van der Waals surface area contributed by atoms with Gasteiger partial charge in [-0.05, 0) is 56.2 Å². The van der Waals surface area contributed by atoms with E-state index >= 15 is 0 Å². The van der Waals surface area contributed by atoms with Gasteiger partial charge in [0.25, 0.3) is 5.91 Å². The number of esters is 1. The minimum Gasteiger partial charge on any atom is -0.481 e. The number of benzene rings is 2. The summed E-state index contributed by atoms with van der Waals surface area (Å²) < 4.78 is 25.1. The van der Waals surface area contributed by atoms with Crippen molar-refractivity contribution in [3.63, 3.8) is 0 Å². The van der Waals surface area contributed by atoms with E-state index in [1.807, 2.05) is 32.0 Å². The molecule has 0 bridgehead atoms. The van der Waals surface area contributed by atoms with Gasteiger partial charge in [0.2, 0.25) is 0 Å². The number of carbonyl (C=O) groups is 2. The van der Waals surface area contributed by atoms with Crippen LogP contribution in [0.1, 0.15) is 16.8 Å². The van der Waals surface area contributed by atoms with Crippen molar-refractivity contribution in [1.29, 1.82) is 0 Å². The number of halogens is 1. The van der Waals surface area contributed by atoms with Gasteiger partial charge < -0.3 is 14.8 Å². The van der Waals surface area contributed by atoms with Crippen LogP contribution in [-0.4, -0.2) is 34.9 Å². The van der Waals surface area contributed by atoms with E-state index in [2.05, 4.69) is 10.4 Å². The summed E-state index contributed by atoms with van der Waals surface area (Å²) in [4.78, 5) is 24.2. The van der Waals surface area contributed by atoms with Crippen LogP contribution in [0, 0.1) is 26.6 Å². The van der Waals surface area contributed by atoms with E-state index in [9.17, 15) is 14.0 Å². The van der Waals surface area contributed by atoms with E-state index in [0.717, 1.165) is 11.1 Å². The SMILES string of the molecule is Cc1cc(NC(=O)COC(=O)COc2c(C)cccc2C)n(-c2ccc(F)cc2)n1. The van der Waals surface area contributed by atoms with Crippen LogP contribution in [0.25, 0.3) is 5.69 Å². The number of hydrogen-bond donors (Lipinski definition) is 1. The third-order valence-corrected chi connectivity index (χ3v) is 4.28. The van der Waals surface area contributed by atoms with Crippen molar-refractivity contribution in [1.82, 2.24) is 9.78 Å². The standard InChI is InChI=1S/C22H22FN3O4/c1-14-5-4-6-15(2)22(14)30-13-21(28)29-12-20(27)24-19-11-16(3)25-26(19)18-9-7-17(23)8-10-18/h4-11H,12-13H2,1-3H3,(H,24,27). The number of rotatable bonds is 7. The highest BCUT2D eigenvalue weighted by Crippen LogP contribution is 2.22. The molecule has 0 atom stereocenters. The Morgan fingerprint density at radius 1 is 1.03 bits per heavy atom. The Labute approximate surface area is 173 Å². The van der Waals surface area contributed by atoms with Crippen LogP contribution < -0.4 is 10.1 Å². The first-order chi connectivity index (χ1) is 14.3. The monoisotopic (exact) mass is 411 g/mol. The molecule has 7 nitrogen and oxygen atoms in total. The molecule has 1 heterocycles. The lowest BCUT2D eigenvalue weighted by Gasteiger charge is -2.12. The maximum Gasteiger partial charge on any atom is 0.344 e. The second-order valence-corrected chi connectivity index (χ2v) is 6.78. The van der Waals surface area contributed by atoms with Gasteiger partial charge in [-0.15, -0.1) is 0 Å². The highest BCUT2D eigenvalue weighted by molar-refractivity contribution is 5.92. The van der Waals surface area contributed by atoms with E-state index in [4.69, 9.17) is 9.47 Å². The lowest BCUT2D eigenvalue weighted by atomic mass is 10.1. The molecule has 1 aromatic heterocycles. The fourth-order valence-corrected chi connectivity index (χ4v) is 2.89. The molecule has 0 fully saturated rings. The fraction of sp³-hybridized carbons (Fsp3) is 0.227. The minimum absolute atomic E-state index is 0.300. The molecule has 2 aromatic carbocycles. The Morgan fingerprint density at radius 3 is 2.37 bits per heavy atom. The number of anilines is 1. The summed E-state index contributed by atoms with van der Waals surface area (Å²) >= 11 is 0. The minimum atomic E-state index is -0.656. The largest absolute Gasteiger partial charge is 0.481 e. The topological polar surface area (TPSA) is 82.5 Å². The Morgan fingerprint density at radius 2 is 1.70 bits per heavy atom. The van der Waals surface area contributed by atoms with Crippen molar-refractivity contribution >= 4 is 17.7 Å². The van der Waals surface area contributed by atoms with Crippen molar-refractivity contribution in [3.05, 3.63) is 71.2 Å². The van der Waals surface area contributed by atoms with E-state index in [1.165, 1.54) is 16.8 Å². The normalized spacial score (nSPS) is 10.5. The van der Waals surface area contributed by atoms with Crippen LogP contribution in [0.5, 0.6) is 5.75 Å². The predicted molar refractivity (Wildman–Crippen MR) is 109 cm³/mol. The molecule has 0 unspecified atom stereocenters. The Hall–Kier alpha value is -3.68. The van der Waals surface area contributed by atoms with Gasteiger partial charge >= 0.3 is 5.97 Å². The molecule has 30 heavy (non-hydrogen) atoms. The van der Waals surface area contributed by atoms with E-state index < -0.39 is 18.5 Å². The van der Waals surface area contributed by atoms with Gasteiger partial charge in [-0.2, -0.15) is 5.10 Å². The molecule has 0 aliphatic heterocycles. The van der Waals surface area contributed by atoms with E-state index in [1.54, 1.807) is 25.1 Å². The predicted octanol–water partition coefficient (Wildman–Crippen LogP) is 3.50. The number of aromatic nitrogens is 2. The quantitative estimate of drug-likeness (QED) is 0.602. The number of nitrogens with one attached hydrogen (secondary N) is 1. The van der Waals surface area contributed by atoms with Crippen LogP contribution in [0.15, 0.2) is 48.5 Å². The summed E-state index contributed by atoms with van der Waals surface area (Å²) in [5.41, 5.74) is 3.06. The molecule has 1 amide bonds. The molecule has 0 saturated heterocycles. The van der Waals surface area contributed by atoms with Crippen LogP contribution in [0.4, 0.5) is 10.2 Å². The van der Waals surface area contributed by atoms with E-state index in [0.29, 0.717) is 22.9 Å². The first kappa shape index (κ1) is 21.0. The Balaban J connectivity index is 1.55. The molecule has 1 N–H and O–H groups in total. The van der Waals surface area contributed by atoms with Crippen molar-refractivity contribution in [2.75, 3.05) is 18.5 Å². The third kappa shape index (κ3) is 5.22. The van der Waals surface area contributed by atoms with E-state index in [-0.39, 0.29) is 12.4 Å². The lowest BCUT2D eigenvalue weighted by molar-refractivity contribution is -0.149. The second kappa shape index (κ2) is 9.21. The van der Waals surface area contributed by atoms with Gasteiger partial charge in [0, 0.05) is 6.07 Å². The van der Waals surface area contributed by atoms with Crippen molar-refractivity contribution in [2.24, 2.45) is 0 Å². The van der Waals surface area contributed by atoms with Crippen molar-refractivity contribution in [2.45, 2.75) is 20.8 Å². The average molecular weight is 411 g/mol. The molecular weight excluding hydrogens is 389 g/mol. The molecular formula is C22H22FN3O4. The van der Waals surface area contributed by atoms with Crippen LogP contribution in [-0.2, 0) is 14.3 Å². The summed E-state index contributed by atoms with van der Waals surface area (Å²) in [6.07, 6.45) is 0. The molecule has 0 aliphatic carbocycles. The molecule has 0 aliphatic rings. The van der Waals surface area contributed by atoms with Crippen molar-refractivity contribution < 1.29 is 23.5 Å². The van der Waals surface area contributed by atoms with Gasteiger partial charge in [-0.3, -0.25) is 4.79 Å². The zero-order chi connectivity index (χ0) is 21.7. The number of nitrogens with zero attached hydrogens (tertiary/aromatic N) is 2. The molecule has 3 aromatic rings. The third-order valence-electron chi connectivity index (χ3n) is 4.28. The van der Waals surface area contributed by atoms with Gasteiger partial charge in [0.1, 0.15) is 17.4 Å². The lowest BCUT2D eigenvalue weighted by Crippen LogP contribution is -2.24. The Bertz CT molecular complexity index is 1040. The number of hydrogen-bond acceptors (Lipinski definition) is 5. The van der Waals surface area contributed by atoms with Gasteiger partial charge in [0.05, 0.1) is 11.4 Å². The molecule has 8 heteroatoms. The number of para-hydroxylation sites is 1. The fourth-order valence-electron chi connectivity index (χ4n) is 2.89. The van der Waals surface area contributed by atoms with Crippen LogP contribution >= 0.6 is 0 Å². The zero-order valence-electron chi connectivity index (χ0n) is 16.9. The molecule has 0 spiro atoms. The van der Waals surface area contributed by atoms with Crippen LogP contribution in [0.2, 0.25) is 0 Å². The molecule has 3 rings (SSSR count). The highest BCUT2D eigenvalue weighted by atomic mass is 19.1. The number of carbonyl (C=O) groups excluding carboxylic acids is 2. The van der Waals surface area contributed by atoms with Gasteiger partial charge in [-0.1, -0.05) is 18.2 Å². The smallest absolute Gasteiger partial charge is 0.344 e. The molecule has 156 valence electrons. The highest BCUT2D eigenvalue weighted by Gasteiger charge is 2.14. The van der Waals surface area contributed by atoms with Gasteiger partial charge in [-0.25, -0.2) is 13.9 Å².